The molecule has 0 saturated heterocycles. The first-order valence-electron chi connectivity index (χ1n) is 5.66. The van der Waals surface area contributed by atoms with E-state index in [1.54, 1.807) is 6.20 Å². The van der Waals surface area contributed by atoms with Crippen molar-refractivity contribution in [3.05, 3.63) is 21.6 Å². The Kier molecular flexibility index (Phi) is 3.49. The Balaban J connectivity index is 2.08. The summed E-state index contributed by atoms with van der Waals surface area (Å²) in [5, 5.41) is 9.56. The second-order valence-corrected chi connectivity index (χ2v) is 4.92. The molecule has 0 aromatic carbocycles. The summed E-state index contributed by atoms with van der Waals surface area (Å²) in [6.45, 7) is 2.26. The number of aromatic nitrogens is 2. The average molecular weight is 242 g/mol. The smallest absolute Gasteiger partial charge is 0.285 e. The van der Waals surface area contributed by atoms with Gasteiger partial charge >= 0.3 is 0 Å². The van der Waals surface area contributed by atoms with Gasteiger partial charge < -0.3 is 5.32 Å². The monoisotopic (exact) mass is 241 g/mol. The van der Waals surface area contributed by atoms with Gasteiger partial charge in [-0.2, -0.15) is 5.10 Å². The van der Waals surface area contributed by atoms with E-state index in [9.17, 15) is 4.79 Å². The van der Waals surface area contributed by atoms with Crippen LogP contribution >= 0.6 is 11.6 Å². The summed E-state index contributed by atoms with van der Waals surface area (Å²) in [6, 6.07) is 0.407. The molecule has 2 unspecified atom stereocenters. The van der Waals surface area contributed by atoms with Crippen LogP contribution in [0.15, 0.2) is 11.0 Å². The highest BCUT2D eigenvalue weighted by atomic mass is 35.5. The maximum Gasteiger partial charge on any atom is 0.285 e. The van der Waals surface area contributed by atoms with E-state index < -0.39 is 0 Å². The lowest BCUT2D eigenvalue weighted by Crippen LogP contribution is -2.27. The molecule has 4 nitrogen and oxygen atoms in total. The number of rotatable bonds is 2. The van der Waals surface area contributed by atoms with Crippen LogP contribution in [0.25, 0.3) is 0 Å². The fourth-order valence-electron chi connectivity index (χ4n) is 2.27. The highest BCUT2D eigenvalue weighted by Gasteiger charge is 2.19. The average Bonchev–Trinajstić information content (AvgIpc) is 2.25. The Labute approximate surface area is 99.4 Å². The number of aromatic amines is 1. The van der Waals surface area contributed by atoms with E-state index in [0.717, 1.165) is 18.8 Å². The van der Waals surface area contributed by atoms with Crippen molar-refractivity contribution in [3.63, 3.8) is 0 Å². The first-order chi connectivity index (χ1) is 7.66. The van der Waals surface area contributed by atoms with Crippen molar-refractivity contribution < 1.29 is 0 Å². The molecule has 2 N–H and O–H groups in total. The Morgan fingerprint density at radius 1 is 1.56 bits per heavy atom. The molecule has 1 aromatic rings. The van der Waals surface area contributed by atoms with Gasteiger partial charge in [0.1, 0.15) is 5.02 Å². The fraction of sp³-hybridized carbons (Fsp3) is 0.636. The lowest BCUT2D eigenvalue weighted by Gasteiger charge is -2.28. The van der Waals surface area contributed by atoms with Crippen molar-refractivity contribution >= 4 is 17.3 Å². The van der Waals surface area contributed by atoms with Crippen LogP contribution in [0.4, 0.5) is 5.69 Å². The quantitative estimate of drug-likeness (QED) is 0.836. The van der Waals surface area contributed by atoms with Crippen molar-refractivity contribution in [2.24, 2.45) is 5.92 Å². The minimum atomic E-state index is -0.337. The Morgan fingerprint density at radius 3 is 3.12 bits per heavy atom. The molecule has 1 aliphatic carbocycles. The van der Waals surface area contributed by atoms with Gasteiger partial charge in [0.15, 0.2) is 0 Å². The molecule has 0 radical (unpaired) electrons. The summed E-state index contributed by atoms with van der Waals surface area (Å²) in [4.78, 5) is 11.3. The molecule has 88 valence electrons. The summed E-state index contributed by atoms with van der Waals surface area (Å²) < 4.78 is 0. The van der Waals surface area contributed by atoms with Gasteiger partial charge in [-0.1, -0.05) is 31.4 Å². The lowest BCUT2D eigenvalue weighted by molar-refractivity contribution is 0.358. The standard InChI is InChI=1S/C11H16ClN3O/c1-7-3-2-4-8(5-7)14-9-6-13-15-11(16)10(9)12/h6-8H,2-5H2,1H3,(H2,14,15,16). The van der Waals surface area contributed by atoms with Crippen LogP contribution in [0.5, 0.6) is 0 Å². The van der Waals surface area contributed by atoms with E-state index in [0.29, 0.717) is 11.7 Å². The predicted octanol–water partition coefficient (Wildman–Crippen LogP) is 2.41. The van der Waals surface area contributed by atoms with Gasteiger partial charge in [0, 0.05) is 6.04 Å². The molecule has 0 bridgehead atoms. The van der Waals surface area contributed by atoms with Gasteiger partial charge in [-0.15, -0.1) is 0 Å². The van der Waals surface area contributed by atoms with E-state index in [1.807, 2.05) is 0 Å². The van der Waals surface area contributed by atoms with Gasteiger partial charge in [0.25, 0.3) is 5.56 Å². The van der Waals surface area contributed by atoms with Crippen molar-refractivity contribution in [1.29, 1.82) is 0 Å². The minimum Gasteiger partial charge on any atom is -0.380 e. The first kappa shape index (κ1) is 11.5. The second kappa shape index (κ2) is 4.87. The third kappa shape index (κ3) is 2.55. The molecule has 1 heterocycles. The van der Waals surface area contributed by atoms with Crippen LogP contribution in [0, 0.1) is 5.92 Å². The van der Waals surface area contributed by atoms with E-state index in [4.69, 9.17) is 11.6 Å². The molecule has 1 aliphatic rings. The van der Waals surface area contributed by atoms with Gasteiger partial charge in [-0.3, -0.25) is 4.79 Å². The number of H-pyrrole nitrogens is 1. The lowest BCUT2D eigenvalue weighted by atomic mass is 9.87. The number of anilines is 1. The third-order valence-corrected chi connectivity index (χ3v) is 3.47. The maximum atomic E-state index is 11.3. The van der Waals surface area contributed by atoms with E-state index in [2.05, 4.69) is 22.4 Å². The number of nitrogens with zero attached hydrogens (tertiary/aromatic N) is 1. The number of halogens is 1. The minimum absolute atomic E-state index is 0.202. The topological polar surface area (TPSA) is 57.8 Å². The molecule has 0 spiro atoms. The summed E-state index contributed by atoms with van der Waals surface area (Å²) in [7, 11) is 0. The molecule has 16 heavy (non-hydrogen) atoms. The maximum absolute atomic E-state index is 11.3. The van der Waals surface area contributed by atoms with Crippen molar-refractivity contribution in [2.75, 3.05) is 5.32 Å². The normalized spacial score (nSPS) is 25.4. The first-order valence-corrected chi connectivity index (χ1v) is 6.04. The van der Waals surface area contributed by atoms with Gasteiger partial charge in [-0.05, 0) is 18.8 Å². The Hall–Kier alpha value is -1.03. The van der Waals surface area contributed by atoms with Crippen LogP contribution < -0.4 is 10.9 Å². The molecular weight excluding hydrogens is 226 g/mol. The van der Waals surface area contributed by atoms with Crippen LogP contribution in [-0.2, 0) is 0 Å². The second-order valence-electron chi connectivity index (χ2n) is 4.54. The van der Waals surface area contributed by atoms with E-state index in [-0.39, 0.29) is 10.6 Å². The zero-order valence-corrected chi connectivity index (χ0v) is 10.0. The Morgan fingerprint density at radius 2 is 2.38 bits per heavy atom. The van der Waals surface area contributed by atoms with Gasteiger partial charge in [0.05, 0.1) is 11.9 Å². The highest BCUT2D eigenvalue weighted by molar-refractivity contribution is 6.32. The fourth-order valence-corrected chi connectivity index (χ4v) is 2.41. The van der Waals surface area contributed by atoms with Crippen molar-refractivity contribution in [3.8, 4) is 0 Å². The molecule has 1 fully saturated rings. The molecule has 2 atom stereocenters. The third-order valence-electron chi connectivity index (χ3n) is 3.09. The van der Waals surface area contributed by atoms with Crippen LogP contribution in [-0.4, -0.2) is 16.2 Å². The summed E-state index contributed by atoms with van der Waals surface area (Å²) in [6.07, 6.45) is 6.35. The van der Waals surface area contributed by atoms with E-state index in [1.165, 1.54) is 12.8 Å². The largest absolute Gasteiger partial charge is 0.380 e. The van der Waals surface area contributed by atoms with Crippen molar-refractivity contribution in [2.45, 2.75) is 38.6 Å². The SMILES string of the molecule is CC1CCCC(Nc2cn[nH]c(=O)c2Cl)C1. The van der Waals surface area contributed by atoms with E-state index >= 15 is 0 Å². The summed E-state index contributed by atoms with van der Waals surface area (Å²) in [5.74, 6) is 0.736. The Bertz CT molecular complexity index is 418. The highest BCUT2D eigenvalue weighted by Crippen LogP contribution is 2.27. The molecule has 1 aromatic heterocycles. The van der Waals surface area contributed by atoms with Crippen molar-refractivity contribution in [1.82, 2.24) is 10.2 Å². The summed E-state index contributed by atoms with van der Waals surface area (Å²) in [5.41, 5.74) is 0.306. The predicted molar refractivity (Wildman–Crippen MR) is 64.9 cm³/mol. The molecular formula is C11H16ClN3O. The number of nitrogens with one attached hydrogen (secondary N) is 2. The number of hydrogen-bond donors (Lipinski definition) is 2. The van der Waals surface area contributed by atoms with Gasteiger partial charge in [0.2, 0.25) is 0 Å². The molecule has 0 amide bonds. The summed E-state index contributed by atoms with van der Waals surface area (Å²) >= 11 is 5.90. The zero-order chi connectivity index (χ0) is 11.5. The zero-order valence-electron chi connectivity index (χ0n) is 9.29. The van der Waals surface area contributed by atoms with Gasteiger partial charge in [-0.25, -0.2) is 5.10 Å². The van der Waals surface area contributed by atoms with Crippen LogP contribution in [0.2, 0.25) is 5.02 Å². The molecule has 1 saturated carbocycles. The molecule has 2 rings (SSSR count). The number of hydrogen-bond acceptors (Lipinski definition) is 3. The van der Waals surface area contributed by atoms with Crippen LogP contribution in [0.1, 0.15) is 32.6 Å². The molecule has 5 heteroatoms. The van der Waals surface area contributed by atoms with Crippen LogP contribution in [0.3, 0.4) is 0 Å². The molecule has 0 aliphatic heterocycles.